The summed E-state index contributed by atoms with van der Waals surface area (Å²) in [5, 5.41) is 25.3. The van der Waals surface area contributed by atoms with Gasteiger partial charge in [-0.15, -0.1) is 0 Å². The molecule has 0 bridgehead atoms. The fourth-order valence-electron chi connectivity index (χ4n) is 2.17. The minimum Gasteiger partial charge on any atom is -0.497 e. The molecule has 0 aliphatic heterocycles. The number of hydrogen-bond acceptors (Lipinski definition) is 4. The van der Waals surface area contributed by atoms with Crippen LogP contribution in [-0.2, 0) is 0 Å². The Morgan fingerprint density at radius 3 is 2.62 bits per heavy atom. The number of aliphatic hydroxyl groups is 2. The van der Waals surface area contributed by atoms with Gasteiger partial charge in [0.15, 0.2) is 0 Å². The van der Waals surface area contributed by atoms with Gasteiger partial charge >= 0.3 is 0 Å². The van der Waals surface area contributed by atoms with Gasteiger partial charge in [-0.1, -0.05) is 23.3 Å². The minimum absolute atomic E-state index is 0.152. The average Bonchev–Trinajstić information content (AvgIpc) is 2.53. The van der Waals surface area contributed by atoms with Crippen LogP contribution in [0.3, 0.4) is 0 Å². The van der Waals surface area contributed by atoms with Crippen LogP contribution in [0.25, 0.3) is 21.2 Å². The van der Waals surface area contributed by atoms with E-state index in [1.807, 2.05) is 30.3 Å². The Morgan fingerprint density at radius 2 is 1.90 bits per heavy atom. The summed E-state index contributed by atoms with van der Waals surface area (Å²) in [6.07, 6.45) is -1.76. The first kappa shape index (κ1) is 15.1. The Labute approximate surface area is 122 Å². The highest BCUT2D eigenvalue weighted by Gasteiger charge is 2.18. The van der Waals surface area contributed by atoms with Gasteiger partial charge in [-0.25, -0.2) is 0 Å². The number of rotatable bonds is 6. The molecule has 6 heteroatoms. The molecule has 21 heavy (non-hydrogen) atoms. The van der Waals surface area contributed by atoms with Crippen LogP contribution in [0.1, 0.15) is 18.1 Å². The Morgan fingerprint density at radius 1 is 1.19 bits per heavy atom. The van der Waals surface area contributed by atoms with Crippen molar-refractivity contribution >= 4 is 10.8 Å². The van der Waals surface area contributed by atoms with E-state index in [0.29, 0.717) is 5.56 Å². The van der Waals surface area contributed by atoms with Gasteiger partial charge in [-0.3, -0.25) is 0 Å². The first-order chi connectivity index (χ1) is 10.2. The van der Waals surface area contributed by atoms with Gasteiger partial charge in [0.1, 0.15) is 11.9 Å². The molecule has 0 radical (unpaired) electrons. The van der Waals surface area contributed by atoms with Crippen molar-refractivity contribution in [3.63, 3.8) is 0 Å². The quantitative estimate of drug-likeness (QED) is 0.485. The highest BCUT2D eigenvalue weighted by molar-refractivity contribution is 5.84. The first-order valence-corrected chi connectivity index (χ1v) is 6.60. The van der Waals surface area contributed by atoms with E-state index in [1.54, 1.807) is 13.2 Å². The monoisotopic (exact) mass is 287 g/mol. The third kappa shape index (κ3) is 3.64. The molecule has 0 aliphatic carbocycles. The van der Waals surface area contributed by atoms with Crippen LogP contribution in [0.5, 0.6) is 5.75 Å². The van der Waals surface area contributed by atoms with Crippen molar-refractivity contribution in [2.24, 2.45) is 5.11 Å². The van der Waals surface area contributed by atoms with Gasteiger partial charge in [-0.05, 0) is 46.5 Å². The summed E-state index contributed by atoms with van der Waals surface area (Å²) in [6, 6.07) is 11.1. The van der Waals surface area contributed by atoms with Gasteiger partial charge in [-0.2, -0.15) is 0 Å². The maximum Gasteiger partial charge on any atom is 0.119 e. The standard InChI is InChI=1S/C15H17N3O3/c1-21-13-5-4-10-8-12(3-2-11(10)9-13)15(20)14(19)6-7-17-18-16/h2-5,8-9,14-15,19-20H,6-7H2,1H3. The van der Waals surface area contributed by atoms with Crippen LogP contribution >= 0.6 is 0 Å². The molecule has 0 heterocycles. The normalized spacial score (nSPS) is 13.5. The fourth-order valence-corrected chi connectivity index (χ4v) is 2.17. The number of methoxy groups -OCH3 is 1. The summed E-state index contributed by atoms with van der Waals surface area (Å²) >= 11 is 0. The number of hydrogen-bond donors (Lipinski definition) is 2. The molecule has 110 valence electrons. The second-order valence-electron chi connectivity index (χ2n) is 4.73. The predicted octanol–water partition coefficient (Wildman–Crippen LogP) is 2.94. The highest BCUT2D eigenvalue weighted by Crippen LogP contribution is 2.26. The molecule has 2 aromatic rings. The van der Waals surface area contributed by atoms with Crippen molar-refractivity contribution in [3.05, 3.63) is 52.4 Å². The number of ether oxygens (including phenoxy) is 1. The molecule has 0 aromatic heterocycles. The van der Waals surface area contributed by atoms with Gasteiger partial charge in [0.05, 0.1) is 13.2 Å². The van der Waals surface area contributed by atoms with Crippen LogP contribution in [0, 0.1) is 0 Å². The lowest BCUT2D eigenvalue weighted by molar-refractivity contribution is 0.0151. The number of aliphatic hydroxyl groups excluding tert-OH is 2. The SMILES string of the molecule is COc1ccc2cc(C(O)C(O)CCN=[N+]=[N-])ccc2c1. The van der Waals surface area contributed by atoms with E-state index in [9.17, 15) is 10.2 Å². The second kappa shape index (κ2) is 6.95. The van der Waals surface area contributed by atoms with Crippen molar-refractivity contribution in [1.82, 2.24) is 0 Å². The summed E-state index contributed by atoms with van der Waals surface area (Å²) in [7, 11) is 1.61. The van der Waals surface area contributed by atoms with Crippen molar-refractivity contribution in [3.8, 4) is 5.75 Å². The third-order valence-corrected chi connectivity index (χ3v) is 3.37. The molecule has 2 N–H and O–H groups in total. The molecular weight excluding hydrogens is 270 g/mol. The van der Waals surface area contributed by atoms with Crippen LogP contribution in [-0.4, -0.2) is 30.0 Å². The highest BCUT2D eigenvalue weighted by atomic mass is 16.5. The van der Waals surface area contributed by atoms with E-state index >= 15 is 0 Å². The molecule has 0 saturated carbocycles. The molecule has 2 atom stereocenters. The van der Waals surface area contributed by atoms with Crippen LogP contribution < -0.4 is 4.74 Å². The molecule has 2 rings (SSSR count). The largest absolute Gasteiger partial charge is 0.497 e. The molecule has 0 saturated heterocycles. The molecule has 0 fully saturated rings. The topological polar surface area (TPSA) is 98.5 Å². The Balaban J connectivity index is 2.19. The molecule has 6 nitrogen and oxygen atoms in total. The van der Waals surface area contributed by atoms with Gasteiger partial charge in [0, 0.05) is 11.5 Å². The molecule has 0 aliphatic rings. The lowest BCUT2D eigenvalue weighted by atomic mass is 9.99. The third-order valence-electron chi connectivity index (χ3n) is 3.37. The van der Waals surface area contributed by atoms with Crippen molar-refractivity contribution in [2.45, 2.75) is 18.6 Å². The number of nitrogens with zero attached hydrogens (tertiary/aromatic N) is 3. The summed E-state index contributed by atoms with van der Waals surface area (Å²) in [4.78, 5) is 2.62. The summed E-state index contributed by atoms with van der Waals surface area (Å²) in [6.45, 7) is 0.152. The molecule has 2 aromatic carbocycles. The summed E-state index contributed by atoms with van der Waals surface area (Å²) < 4.78 is 5.16. The molecule has 2 unspecified atom stereocenters. The van der Waals surface area contributed by atoms with Crippen LogP contribution in [0.4, 0.5) is 0 Å². The van der Waals surface area contributed by atoms with Crippen LogP contribution in [0.2, 0.25) is 0 Å². The zero-order valence-corrected chi connectivity index (χ0v) is 11.7. The van der Waals surface area contributed by atoms with Crippen molar-refractivity contribution < 1.29 is 14.9 Å². The van der Waals surface area contributed by atoms with E-state index in [2.05, 4.69) is 10.0 Å². The maximum atomic E-state index is 10.1. The zero-order valence-electron chi connectivity index (χ0n) is 11.7. The summed E-state index contributed by atoms with van der Waals surface area (Å²) in [5.41, 5.74) is 8.83. The Bertz CT molecular complexity index is 668. The van der Waals surface area contributed by atoms with Gasteiger partial charge < -0.3 is 14.9 Å². The predicted molar refractivity (Wildman–Crippen MR) is 80.1 cm³/mol. The number of benzene rings is 2. The average molecular weight is 287 g/mol. The Hall–Kier alpha value is -2.27. The smallest absolute Gasteiger partial charge is 0.119 e. The fraction of sp³-hybridized carbons (Fsp3) is 0.333. The van der Waals surface area contributed by atoms with E-state index in [0.717, 1.165) is 16.5 Å². The van der Waals surface area contributed by atoms with Gasteiger partial charge in [0.2, 0.25) is 0 Å². The molecular formula is C15H17N3O3. The van der Waals surface area contributed by atoms with Crippen molar-refractivity contribution in [1.29, 1.82) is 0 Å². The second-order valence-corrected chi connectivity index (χ2v) is 4.73. The Kier molecular flexibility index (Phi) is 5.00. The minimum atomic E-state index is -1.01. The number of azide groups is 1. The maximum absolute atomic E-state index is 10.1. The van der Waals surface area contributed by atoms with Crippen molar-refractivity contribution in [2.75, 3.05) is 13.7 Å². The van der Waals surface area contributed by atoms with E-state index in [1.165, 1.54) is 0 Å². The molecule has 0 amide bonds. The first-order valence-electron chi connectivity index (χ1n) is 6.60. The van der Waals surface area contributed by atoms with Crippen LogP contribution in [0.15, 0.2) is 41.5 Å². The number of fused-ring (bicyclic) bond motifs is 1. The summed E-state index contributed by atoms with van der Waals surface area (Å²) in [5.74, 6) is 0.769. The molecule has 0 spiro atoms. The lowest BCUT2D eigenvalue weighted by Gasteiger charge is -2.18. The zero-order chi connectivity index (χ0) is 15.2. The lowest BCUT2D eigenvalue weighted by Crippen LogP contribution is -2.19. The van der Waals surface area contributed by atoms with E-state index < -0.39 is 12.2 Å². The van der Waals surface area contributed by atoms with E-state index in [-0.39, 0.29) is 13.0 Å². The van der Waals surface area contributed by atoms with Gasteiger partial charge in [0.25, 0.3) is 0 Å². The van der Waals surface area contributed by atoms with E-state index in [4.69, 9.17) is 10.3 Å².